The van der Waals surface area contributed by atoms with Gasteiger partial charge in [0, 0.05) is 24.3 Å². The first-order valence-corrected chi connectivity index (χ1v) is 6.77. The second kappa shape index (κ2) is 5.42. The molecule has 3 N–H and O–H groups in total. The van der Waals surface area contributed by atoms with Crippen molar-refractivity contribution >= 4 is 11.5 Å². The maximum atomic E-state index is 7.41. The van der Waals surface area contributed by atoms with Gasteiger partial charge >= 0.3 is 0 Å². The number of hydrogen-bond donors (Lipinski definition) is 2. The summed E-state index contributed by atoms with van der Waals surface area (Å²) in [4.78, 5) is 2.38. The highest BCUT2D eigenvalue weighted by Gasteiger charge is 2.24. The van der Waals surface area contributed by atoms with Crippen molar-refractivity contribution < 1.29 is 0 Å². The Balaban J connectivity index is 2.12. The number of nitrogen functional groups attached to an aromatic ring is 1. The Hall–Kier alpha value is -1.51. The van der Waals surface area contributed by atoms with Crippen LogP contribution in [0.4, 0.5) is 5.69 Å². The van der Waals surface area contributed by atoms with Gasteiger partial charge in [-0.15, -0.1) is 0 Å². The van der Waals surface area contributed by atoms with Crippen LogP contribution in [0.3, 0.4) is 0 Å². The summed E-state index contributed by atoms with van der Waals surface area (Å²) in [6.45, 7) is 2.35. The van der Waals surface area contributed by atoms with Crippen LogP contribution in [0.2, 0.25) is 0 Å². The number of amidine groups is 1. The molecular formula is C15H23N3. The third-order valence-corrected chi connectivity index (χ3v) is 4.15. The van der Waals surface area contributed by atoms with E-state index in [9.17, 15) is 0 Å². The molecule has 0 aliphatic heterocycles. The van der Waals surface area contributed by atoms with Gasteiger partial charge in [-0.3, -0.25) is 5.41 Å². The predicted molar refractivity (Wildman–Crippen MR) is 77.3 cm³/mol. The summed E-state index contributed by atoms with van der Waals surface area (Å²) < 4.78 is 0. The Kier molecular flexibility index (Phi) is 3.90. The maximum absolute atomic E-state index is 7.41. The van der Waals surface area contributed by atoms with Gasteiger partial charge in [0.2, 0.25) is 0 Å². The van der Waals surface area contributed by atoms with Crippen LogP contribution in [0.5, 0.6) is 0 Å². The summed E-state index contributed by atoms with van der Waals surface area (Å²) in [5, 5.41) is 7.41. The molecule has 1 aromatic carbocycles. The Bertz CT molecular complexity index is 410. The van der Waals surface area contributed by atoms with Crippen LogP contribution in [-0.2, 0) is 0 Å². The summed E-state index contributed by atoms with van der Waals surface area (Å²) in [7, 11) is 2.18. The fraction of sp³-hybridized carbons (Fsp3) is 0.533. The number of anilines is 1. The molecule has 0 heterocycles. The molecule has 0 spiro atoms. The van der Waals surface area contributed by atoms with Gasteiger partial charge < -0.3 is 10.6 Å². The Morgan fingerprint density at radius 2 is 1.83 bits per heavy atom. The van der Waals surface area contributed by atoms with Crippen molar-refractivity contribution in [2.75, 3.05) is 11.9 Å². The molecule has 2 unspecified atom stereocenters. The molecule has 1 aliphatic carbocycles. The van der Waals surface area contributed by atoms with E-state index >= 15 is 0 Å². The van der Waals surface area contributed by atoms with E-state index < -0.39 is 0 Å². The lowest BCUT2D eigenvalue weighted by Crippen LogP contribution is -2.39. The SMILES string of the molecule is CC1CCCCC1N(C)c1ccc(C(=N)N)cc1. The second-order valence-corrected chi connectivity index (χ2v) is 5.40. The molecule has 18 heavy (non-hydrogen) atoms. The maximum Gasteiger partial charge on any atom is 0.122 e. The zero-order valence-electron chi connectivity index (χ0n) is 11.3. The summed E-state index contributed by atoms with van der Waals surface area (Å²) in [6.07, 6.45) is 5.33. The third-order valence-electron chi connectivity index (χ3n) is 4.15. The fourth-order valence-electron chi connectivity index (χ4n) is 2.94. The average molecular weight is 245 g/mol. The van der Waals surface area contributed by atoms with Crippen molar-refractivity contribution in [3.63, 3.8) is 0 Å². The van der Waals surface area contributed by atoms with Crippen LogP contribution < -0.4 is 10.6 Å². The van der Waals surface area contributed by atoms with E-state index in [-0.39, 0.29) is 5.84 Å². The topological polar surface area (TPSA) is 53.1 Å². The minimum absolute atomic E-state index is 0.134. The van der Waals surface area contributed by atoms with E-state index in [2.05, 4.69) is 31.0 Å². The number of hydrogen-bond acceptors (Lipinski definition) is 2. The molecule has 2 rings (SSSR count). The van der Waals surface area contributed by atoms with E-state index in [0.29, 0.717) is 6.04 Å². The van der Waals surface area contributed by atoms with Gasteiger partial charge in [0.05, 0.1) is 0 Å². The first kappa shape index (κ1) is 12.9. The van der Waals surface area contributed by atoms with Crippen molar-refractivity contribution in [2.45, 2.75) is 38.6 Å². The van der Waals surface area contributed by atoms with Gasteiger partial charge in [-0.05, 0) is 43.0 Å². The van der Waals surface area contributed by atoms with E-state index in [4.69, 9.17) is 11.1 Å². The summed E-state index contributed by atoms with van der Waals surface area (Å²) >= 11 is 0. The van der Waals surface area contributed by atoms with E-state index in [0.717, 1.165) is 11.5 Å². The molecule has 1 aliphatic rings. The lowest BCUT2D eigenvalue weighted by molar-refractivity contribution is 0.321. The van der Waals surface area contributed by atoms with Crippen LogP contribution in [0.1, 0.15) is 38.2 Å². The lowest BCUT2D eigenvalue weighted by Gasteiger charge is -2.37. The molecule has 1 saturated carbocycles. The fourth-order valence-corrected chi connectivity index (χ4v) is 2.94. The second-order valence-electron chi connectivity index (χ2n) is 5.40. The van der Waals surface area contributed by atoms with Crippen LogP contribution in [-0.4, -0.2) is 18.9 Å². The molecular weight excluding hydrogens is 222 g/mol. The zero-order chi connectivity index (χ0) is 13.1. The molecule has 1 fully saturated rings. The Labute approximate surface area is 109 Å². The highest BCUT2D eigenvalue weighted by atomic mass is 15.1. The minimum Gasteiger partial charge on any atom is -0.384 e. The van der Waals surface area contributed by atoms with Crippen LogP contribution in [0, 0.1) is 11.3 Å². The number of nitrogens with two attached hydrogens (primary N) is 1. The minimum atomic E-state index is 0.134. The number of nitrogens with one attached hydrogen (secondary N) is 1. The highest BCUT2D eigenvalue weighted by molar-refractivity contribution is 5.95. The van der Waals surface area contributed by atoms with Crippen molar-refractivity contribution in [2.24, 2.45) is 11.7 Å². The number of rotatable bonds is 3. The molecule has 0 saturated heterocycles. The van der Waals surface area contributed by atoms with Crippen molar-refractivity contribution in [3.8, 4) is 0 Å². The van der Waals surface area contributed by atoms with Gasteiger partial charge in [-0.2, -0.15) is 0 Å². The van der Waals surface area contributed by atoms with Gasteiger partial charge in [0.15, 0.2) is 0 Å². The molecule has 1 aromatic rings. The first-order valence-electron chi connectivity index (χ1n) is 6.77. The van der Waals surface area contributed by atoms with Crippen LogP contribution in [0.15, 0.2) is 24.3 Å². The Morgan fingerprint density at radius 3 is 2.39 bits per heavy atom. The van der Waals surface area contributed by atoms with Crippen molar-refractivity contribution in [1.82, 2.24) is 0 Å². The smallest absolute Gasteiger partial charge is 0.122 e. The van der Waals surface area contributed by atoms with Gasteiger partial charge in [0.25, 0.3) is 0 Å². The van der Waals surface area contributed by atoms with Gasteiger partial charge in [0.1, 0.15) is 5.84 Å². The summed E-state index contributed by atoms with van der Waals surface area (Å²) in [6, 6.07) is 8.64. The van der Waals surface area contributed by atoms with Gasteiger partial charge in [-0.1, -0.05) is 19.8 Å². The normalized spacial score (nSPS) is 23.7. The predicted octanol–water partition coefficient (Wildman–Crippen LogP) is 2.99. The molecule has 3 nitrogen and oxygen atoms in total. The van der Waals surface area contributed by atoms with Crippen LogP contribution in [0.25, 0.3) is 0 Å². The highest BCUT2D eigenvalue weighted by Crippen LogP contribution is 2.30. The molecule has 0 amide bonds. The molecule has 0 aromatic heterocycles. The standard InChI is InChI=1S/C15H23N3/c1-11-5-3-4-6-14(11)18(2)13-9-7-12(8-10-13)15(16)17/h7-11,14H,3-6H2,1-2H3,(H3,16,17). The van der Waals surface area contributed by atoms with Crippen molar-refractivity contribution in [3.05, 3.63) is 29.8 Å². The molecule has 3 heteroatoms. The third kappa shape index (κ3) is 2.66. The zero-order valence-corrected chi connectivity index (χ0v) is 11.3. The van der Waals surface area contributed by atoms with Crippen LogP contribution >= 0.6 is 0 Å². The summed E-state index contributed by atoms with van der Waals surface area (Å²) in [5.41, 5.74) is 7.49. The van der Waals surface area contributed by atoms with E-state index in [1.165, 1.54) is 31.4 Å². The average Bonchev–Trinajstić information content (AvgIpc) is 2.38. The van der Waals surface area contributed by atoms with Crippen molar-refractivity contribution in [1.29, 1.82) is 5.41 Å². The monoisotopic (exact) mass is 245 g/mol. The largest absolute Gasteiger partial charge is 0.384 e. The quantitative estimate of drug-likeness (QED) is 0.635. The molecule has 0 bridgehead atoms. The molecule has 2 atom stereocenters. The molecule has 98 valence electrons. The number of nitrogens with zero attached hydrogens (tertiary/aromatic N) is 1. The lowest BCUT2D eigenvalue weighted by atomic mass is 9.85. The molecule has 0 radical (unpaired) electrons. The number of benzene rings is 1. The first-order chi connectivity index (χ1) is 8.59. The van der Waals surface area contributed by atoms with E-state index in [1.54, 1.807) is 0 Å². The van der Waals surface area contributed by atoms with Gasteiger partial charge in [-0.25, -0.2) is 0 Å². The Morgan fingerprint density at radius 1 is 1.22 bits per heavy atom. The summed E-state index contributed by atoms with van der Waals surface area (Å²) in [5.74, 6) is 0.895. The van der Waals surface area contributed by atoms with E-state index in [1.807, 2.05) is 12.1 Å².